The molecule has 0 atom stereocenters. The maximum Gasteiger partial charge on any atom is 0.237 e. The lowest BCUT2D eigenvalue weighted by Gasteiger charge is -2.21. The average molecular weight is 253 g/mol. The van der Waals surface area contributed by atoms with Crippen molar-refractivity contribution in [1.82, 2.24) is 0 Å². The number of sulfonamides is 1. The van der Waals surface area contributed by atoms with Crippen molar-refractivity contribution in [3.05, 3.63) is 29.8 Å². The van der Waals surface area contributed by atoms with Crippen LogP contribution in [0.5, 0.6) is 0 Å². The number of hydrogen-bond donors (Lipinski definition) is 2. The average Bonchev–Trinajstić information content (AvgIpc) is 3.12. The fourth-order valence-electron chi connectivity index (χ4n) is 1.70. The quantitative estimate of drug-likeness (QED) is 0.617. The summed E-state index contributed by atoms with van der Waals surface area (Å²) in [5.74, 6) is -0.126. The van der Waals surface area contributed by atoms with Gasteiger partial charge >= 0.3 is 0 Å². The lowest BCUT2D eigenvalue weighted by molar-refractivity contribution is 0.593. The Hall–Kier alpha value is -1.56. The van der Waals surface area contributed by atoms with Crippen LogP contribution in [0.4, 0.5) is 5.69 Å². The van der Waals surface area contributed by atoms with Crippen molar-refractivity contribution in [3.8, 4) is 0 Å². The smallest absolute Gasteiger partial charge is 0.237 e. The zero-order valence-corrected chi connectivity index (χ0v) is 10.4. The Bertz CT molecular complexity index is 550. The number of hydrogen-bond acceptors (Lipinski definition) is 3. The van der Waals surface area contributed by atoms with Gasteiger partial charge in [0.2, 0.25) is 10.0 Å². The molecule has 0 radical (unpaired) electrons. The molecule has 0 aliphatic heterocycles. The summed E-state index contributed by atoms with van der Waals surface area (Å²) < 4.78 is 25.4. The minimum atomic E-state index is -3.29. The molecule has 0 heterocycles. The standard InChI is InChI=1S/C11H15N3O2S/c1-14(17(15,16)8-6-7-8)10-5-3-2-4-9(10)11(12)13/h2-5,8H,6-7H2,1H3,(H3,12,13). The van der Waals surface area contributed by atoms with Crippen LogP contribution in [0, 0.1) is 5.41 Å². The van der Waals surface area contributed by atoms with E-state index in [4.69, 9.17) is 11.1 Å². The Labute approximate surface area is 101 Å². The van der Waals surface area contributed by atoms with Gasteiger partial charge in [-0.25, -0.2) is 8.42 Å². The maximum atomic E-state index is 12.1. The molecule has 17 heavy (non-hydrogen) atoms. The third-order valence-electron chi connectivity index (χ3n) is 2.86. The molecule has 3 N–H and O–H groups in total. The molecule has 5 nitrogen and oxygen atoms in total. The first-order valence-corrected chi connectivity index (χ1v) is 6.86. The number of anilines is 1. The van der Waals surface area contributed by atoms with E-state index >= 15 is 0 Å². The minimum absolute atomic E-state index is 0.126. The Morgan fingerprint density at radius 1 is 1.41 bits per heavy atom. The van der Waals surface area contributed by atoms with Crippen LogP contribution < -0.4 is 10.0 Å². The third kappa shape index (κ3) is 2.12. The van der Waals surface area contributed by atoms with E-state index in [1.807, 2.05) is 0 Å². The molecule has 1 aliphatic carbocycles. The monoisotopic (exact) mass is 253 g/mol. The number of amidine groups is 1. The van der Waals surface area contributed by atoms with Crippen LogP contribution in [-0.4, -0.2) is 26.6 Å². The molecule has 0 bridgehead atoms. The molecule has 0 unspecified atom stereocenters. The molecule has 0 spiro atoms. The largest absolute Gasteiger partial charge is 0.384 e. The van der Waals surface area contributed by atoms with E-state index in [0.29, 0.717) is 11.3 Å². The maximum absolute atomic E-state index is 12.1. The van der Waals surface area contributed by atoms with Crippen molar-refractivity contribution in [2.45, 2.75) is 18.1 Å². The topological polar surface area (TPSA) is 87.2 Å². The van der Waals surface area contributed by atoms with Crippen molar-refractivity contribution in [3.63, 3.8) is 0 Å². The van der Waals surface area contributed by atoms with Crippen LogP contribution in [-0.2, 0) is 10.0 Å². The van der Waals surface area contributed by atoms with E-state index in [1.54, 1.807) is 24.3 Å². The van der Waals surface area contributed by atoms with Crippen molar-refractivity contribution in [2.24, 2.45) is 5.73 Å². The van der Waals surface area contributed by atoms with Gasteiger partial charge < -0.3 is 5.73 Å². The highest BCUT2D eigenvalue weighted by Crippen LogP contribution is 2.33. The number of para-hydroxylation sites is 1. The number of nitrogen functional groups attached to an aromatic ring is 1. The van der Waals surface area contributed by atoms with Gasteiger partial charge in [0, 0.05) is 12.6 Å². The molecule has 1 aromatic rings. The van der Waals surface area contributed by atoms with Crippen molar-refractivity contribution in [2.75, 3.05) is 11.4 Å². The molecular formula is C11H15N3O2S. The van der Waals surface area contributed by atoms with Crippen LogP contribution in [0.2, 0.25) is 0 Å². The molecule has 1 aromatic carbocycles. The Morgan fingerprint density at radius 3 is 2.53 bits per heavy atom. The summed E-state index contributed by atoms with van der Waals surface area (Å²) in [5, 5.41) is 7.18. The molecule has 1 fully saturated rings. The fourth-order valence-corrected chi connectivity index (χ4v) is 3.31. The van der Waals surface area contributed by atoms with Gasteiger partial charge in [0.1, 0.15) is 5.84 Å². The molecule has 0 aromatic heterocycles. The highest BCUT2D eigenvalue weighted by Gasteiger charge is 2.39. The summed E-state index contributed by atoms with van der Waals surface area (Å²) in [6.07, 6.45) is 1.43. The second-order valence-electron chi connectivity index (χ2n) is 4.14. The molecule has 1 saturated carbocycles. The highest BCUT2D eigenvalue weighted by atomic mass is 32.2. The van der Waals surface area contributed by atoms with Crippen molar-refractivity contribution < 1.29 is 8.42 Å². The van der Waals surface area contributed by atoms with Crippen LogP contribution in [0.3, 0.4) is 0 Å². The van der Waals surface area contributed by atoms with E-state index in [1.165, 1.54) is 11.4 Å². The number of rotatable bonds is 4. The van der Waals surface area contributed by atoms with Crippen molar-refractivity contribution >= 4 is 21.5 Å². The summed E-state index contributed by atoms with van der Waals surface area (Å²) >= 11 is 0. The third-order valence-corrected chi connectivity index (χ3v) is 5.13. The molecule has 0 amide bonds. The summed E-state index contributed by atoms with van der Waals surface area (Å²) in [4.78, 5) is 0. The SMILES string of the molecule is CN(c1ccccc1C(=N)N)S(=O)(=O)C1CC1. The van der Waals surface area contributed by atoms with E-state index in [-0.39, 0.29) is 11.1 Å². The van der Waals surface area contributed by atoms with E-state index in [0.717, 1.165) is 12.8 Å². The van der Waals surface area contributed by atoms with Gasteiger partial charge in [0.05, 0.1) is 10.9 Å². The zero-order valence-electron chi connectivity index (χ0n) is 9.55. The number of nitrogens with one attached hydrogen (secondary N) is 1. The first-order chi connectivity index (χ1) is 7.94. The van der Waals surface area contributed by atoms with E-state index < -0.39 is 10.0 Å². The summed E-state index contributed by atoms with van der Waals surface area (Å²) in [6, 6.07) is 6.78. The molecule has 1 aliphatic rings. The zero-order chi connectivity index (χ0) is 12.6. The molecular weight excluding hydrogens is 238 g/mol. The van der Waals surface area contributed by atoms with Crippen LogP contribution >= 0.6 is 0 Å². The van der Waals surface area contributed by atoms with Crippen LogP contribution in [0.15, 0.2) is 24.3 Å². The molecule has 2 rings (SSSR count). The number of nitrogens with zero attached hydrogens (tertiary/aromatic N) is 1. The van der Waals surface area contributed by atoms with E-state index in [9.17, 15) is 8.42 Å². The predicted molar refractivity (Wildman–Crippen MR) is 67.8 cm³/mol. The van der Waals surface area contributed by atoms with Gasteiger partial charge in [0.15, 0.2) is 0 Å². The van der Waals surface area contributed by atoms with Gasteiger partial charge in [0.25, 0.3) is 0 Å². The summed E-state index contributed by atoms with van der Waals surface area (Å²) in [5.41, 5.74) is 6.36. The van der Waals surface area contributed by atoms with Gasteiger partial charge in [-0.3, -0.25) is 9.71 Å². The van der Waals surface area contributed by atoms with Crippen LogP contribution in [0.1, 0.15) is 18.4 Å². The van der Waals surface area contributed by atoms with E-state index in [2.05, 4.69) is 0 Å². The number of benzene rings is 1. The minimum Gasteiger partial charge on any atom is -0.384 e. The number of nitrogens with two attached hydrogens (primary N) is 1. The molecule has 92 valence electrons. The molecule has 0 saturated heterocycles. The first-order valence-electron chi connectivity index (χ1n) is 5.35. The summed E-state index contributed by atoms with van der Waals surface area (Å²) in [7, 11) is -1.78. The normalized spacial score (nSPS) is 15.6. The Morgan fingerprint density at radius 2 is 2.00 bits per heavy atom. The van der Waals surface area contributed by atoms with Gasteiger partial charge in [-0.2, -0.15) is 0 Å². The van der Waals surface area contributed by atoms with Crippen LogP contribution in [0.25, 0.3) is 0 Å². The van der Waals surface area contributed by atoms with Gasteiger partial charge in [-0.1, -0.05) is 12.1 Å². The second-order valence-corrected chi connectivity index (χ2v) is 6.39. The van der Waals surface area contributed by atoms with Crippen molar-refractivity contribution in [1.29, 1.82) is 5.41 Å². The molecule has 6 heteroatoms. The second kappa shape index (κ2) is 4.03. The lowest BCUT2D eigenvalue weighted by atomic mass is 10.1. The fraction of sp³-hybridized carbons (Fsp3) is 0.364. The van der Waals surface area contributed by atoms with Gasteiger partial charge in [-0.15, -0.1) is 0 Å². The highest BCUT2D eigenvalue weighted by molar-refractivity contribution is 7.93. The van der Waals surface area contributed by atoms with Gasteiger partial charge in [-0.05, 0) is 25.0 Å². The predicted octanol–water partition coefficient (Wildman–Crippen LogP) is 0.899. The summed E-state index contributed by atoms with van der Waals surface area (Å²) in [6.45, 7) is 0. The Balaban J connectivity index is 2.43. The first kappa shape index (κ1) is 11.9. The lowest BCUT2D eigenvalue weighted by Crippen LogP contribution is -2.31. The Kier molecular flexibility index (Phi) is 2.82.